The first-order valence-corrected chi connectivity index (χ1v) is 6.23. The van der Waals surface area contributed by atoms with Crippen molar-refractivity contribution in [3.63, 3.8) is 0 Å². The second-order valence-electron chi connectivity index (χ2n) is 4.74. The maximum atomic E-state index is 10.9. The third kappa shape index (κ3) is 2.82. The molecule has 0 fully saturated rings. The van der Waals surface area contributed by atoms with Gasteiger partial charge in [-0.1, -0.05) is 13.0 Å². The van der Waals surface area contributed by atoms with Gasteiger partial charge >= 0.3 is 29.6 Å². The van der Waals surface area contributed by atoms with Crippen molar-refractivity contribution in [3.8, 4) is 11.6 Å². The standard InChI is InChI=1S/C15H13NO4.Na/c1-8(15(18)19)9-4-5-12-11(7-9)13(17)10-3-2-6-16-14(10)20-12;/h2-8,13,17H,1H3,(H,18,19);/q;+1/p-1. The largest absolute Gasteiger partial charge is 1.00 e. The number of carboxylic acids is 1. The summed E-state index contributed by atoms with van der Waals surface area (Å²) in [6.07, 6.45) is 0.708. The third-order valence-corrected chi connectivity index (χ3v) is 3.48. The van der Waals surface area contributed by atoms with E-state index in [9.17, 15) is 15.0 Å². The Labute approximate surface area is 143 Å². The van der Waals surface area contributed by atoms with Crippen molar-refractivity contribution in [1.82, 2.24) is 4.98 Å². The van der Waals surface area contributed by atoms with Crippen molar-refractivity contribution in [2.24, 2.45) is 0 Å². The molecule has 1 aromatic heterocycles. The second kappa shape index (κ2) is 6.15. The molecular weight excluding hydrogens is 281 g/mol. The predicted octanol–water partition coefficient (Wildman–Crippen LogP) is -1.87. The molecule has 0 spiro atoms. The van der Waals surface area contributed by atoms with Crippen molar-refractivity contribution in [1.29, 1.82) is 0 Å². The van der Waals surface area contributed by atoms with Crippen LogP contribution in [0.3, 0.4) is 0 Å². The van der Waals surface area contributed by atoms with Crippen LogP contribution < -0.4 is 39.4 Å². The van der Waals surface area contributed by atoms with Crippen LogP contribution in [0.15, 0.2) is 36.5 Å². The summed E-state index contributed by atoms with van der Waals surface area (Å²) in [5, 5.41) is 21.3. The summed E-state index contributed by atoms with van der Waals surface area (Å²) in [6.45, 7) is 1.54. The van der Waals surface area contributed by atoms with E-state index in [1.807, 2.05) is 0 Å². The van der Waals surface area contributed by atoms with E-state index in [2.05, 4.69) is 4.98 Å². The molecule has 0 aliphatic carbocycles. The van der Waals surface area contributed by atoms with E-state index >= 15 is 0 Å². The zero-order valence-corrected chi connectivity index (χ0v) is 13.7. The Morgan fingerprint density at radius 1 is 1.38 bits per heavy atom. The average molecular weight is 293 g/mol. The van der Waals surface area contributed by atoms with E-state index < -0.39 is 18.0 Å². The summed E-state index contributed by atoms with van der Waals surface area (Å²) in [6, 6.07) is 8.37. The molecule has 2 unspecified atom stereocenters. The van der Waals surface area contributed by atoms with Gasteiger partial charge in [0.25, 0.3) is 0 Å². The number of aliphatic hydroxyl groups excluding tert-OH is 1. The summed E-state index contributed by atoms with van der Waals surface area (Å²) < 4.78 is 5.61. The molecule has 1 aliphatic heterocycles. The molecule has 0 amide bonds. The second-order valence-corrected chi connectivity index (χ2v) is 4.74. The van der Waals surface area contributed by atoms with Gasteiger partial charge in [-0.25, -0.2) is 4.98 Å². The Kier molecular flexibility index (Phi) is 4.68. The fourth-order valence-electron chi connectivity index (χ4n) is 2.25. The smallest absolute Gasteiger partial charge is 0.550 e. The monoisotopic (exact) mass is 293 g/mol. The number of nitrogens with zero attached hydrogens (tertiary/aromatic N) is 1. The zero-order chi connectivity index (χ0) is 14.3. The number of ether oxygens (including phenoxy) is 1. The Hall–Kier alpha value is -1.40. The Morgan fingerprint density at radius 2 is 2.14 bits per heavy atom. The van der Waals surface area contributed by atoms with Gasteiger partial charge in [0.05, 0.1) is 0 Å². The number of hydrogen-bond acceptors (Lipinski definition) is 5. The molecule has 0 saturated carbocycles. The van der Waals surface area contributed by atoms with E-state index in [4.69, 9.17) is 4.74 Å². The number of carboxylic acid groups (broad SMARTS) is 1. The number of aliphatic hydroxyl groups is 1. The first kappa shape index (κ1) is 16.0. The topological polar surface area (TPSA) is 82.5 Å². The number of fused-ring (bicyclic) bond motifs is 2. The molecule has 1 N–H and O–H groups in total. The Balaban J connectivity index is 0.00000161. The fourth-order valence-corrected chi connectivity index (χ4v) is 2.25. The maximum absolute atomic E-state index is 10.9. The normalized spacial score (nSPS) is 16.8. The number of aromatic nitrogens is 1. The predicted molar refractivity (Wildman–Crippen MR) is 68.2 cm³/mol. The van der Waals surface area contributed by atoms with E-state index in [1.54, 1.807) is 43.5 Å². The van der Waals surface area contributed by atoms with Crippen molar-refractivity contribution in [3.05, 3.63) is 53.2 Å². The molecule has 21 heavy (non-hydrogen) atoms. The summed E-state index contributed by atoms with van der Waals surface area (Å²) in [5.74, 6) is -1.05. The van der Waals surface area contributed by atoms with Crippen molar-refractivity contribution >= 4 is 5.97 Å². The number of benzene rings is 1. The van der Waals surface area contributed by atoms with Crippen molar-refractivity contribution in [2.75, 3.05) is 0 Å². The van der Waals surface area contributed by atoms with Crippen LogP contribution in [0.5, 0.6) is 11.6 Å². The van der Waals surface area contributed by atoms with Gasteiger partial charge < -0.3 is 19.7 Å². The van der Waals surface area contributed by atoms with Crippen LogP contribution in [0.25, 0.3) is 0 Å². The molecule has 2 atom stereocenters. The molecule has 0 bridgehead atoms. The number of pyridine rings is 1. The van der Waals surface area contributed by atoms with Crippen LogP contribution in [0.4, 0.5) is 0 Å². The molecule has 6 heteroatoms. The molecule has 2 heterocycles. The van der Waals surface area contributed by atoms with Crippen molar-refractivity contribution < 1.29 is 49.3 Å². The zero-order valence-electron chi connectivity index (χ0n) is 11.7. The van der Waals surface area contributed by atoms with Crippen LogP contribution in [0.2, 0.25) is 0 Å². The molecule has 5 nitrogen and oxygen atoms in total. The molecule has 1 aromatic carbocycles. The van der Waals surface area contributed by atoms with Gasteiger partial charge in [0, 0.05) is 29.2 Å². The Bertz CT molecular complexity index is 689. The Morgan fingerprint density at radius 3 is 2.86 bits per heavy atom. The van der Waals surface area contributed by atoms with Gasteiger partial charge in [-0.05, 0) is 29.8 Å². The number of aliphatic carboxylic acids is 1. The van der Waals surface area contributed by atoms with Gasteiger partial charge in [-0.2, -0.15) is 0 Å². The summed E-state index contributed by atoms with van der Waals surface area (Å²) in [5.41, 5.74) is 1.67. The minimum atomic E-state index is -1.15. The first-order valence-electron chi connectivity index (χ1n) is 6.23. The van der Waals surface area contributed by atoms with Crippen LogP contribution in [0.1, 0.15) is 35.6 Å². The van der Waals surface area contributed by atoms with Gasteiger partial charge in [0.15, 0.2) is 0 Å². The van der Waals surface area contributed by atoms with Gasteiger partial charge in [0.2, 0.25) is 5.88 Å². The van der Waals surface area contributed by atoms with E-state index in [0.717, 1.165) is 0 Å². The SMILES string of the molecule is CC(C(=O)[O-])c1ccc2c(c1)C(O)c1cccnc1O2.[Na+]. The average Bonchev–Trinajstić information content (AvgIpc) is 2.46. The quantitative estimate of drug-likeness (QED) is 0.656. The van der Waals surface area contributed by atoms with E-state index in [-0.39, 0.29) is 29.6 Å². The summed E-state index contributed by atoms with van der Waals surface area (Å²) in [4.78, 5) is 15.0. The number of carbonyl (C=O) groups excluding carboxylic acids is 1. The minimum Gasteiger partial charge on any atom is -0.550 e. The summed E-state index contributed by atoms with van der Waals surface area (Å²) >= 11 is 0. The van der Waals surface area contributed by atoms with Crippen molar-refractivity contribution in [2.45, 2.75) is 18.9 Å². The van der Waals surface area contributed by atoms with E-state index in [1.165, 1.54) is 0 Å². The van der Waals surface area contributed by atoms with Gasteiger partial charge in [0.1, 0.15) is 11.9 Å². The summed E-state index contributed by atoms with van der Waals surface area (Å²) in [7, 11) is 0. The molecule has 1 aliphatic rings. The molecular formula is C15H12NNaO4. The number of hydrogen-bond donors (Lipinski definition) is 1. The molecule has 102 valence electrons. The molecule has 2 aromatic rings. The third-order valence-electron chi connectivity index (χ3n) is 3.48. The number of rotatable bonds is 2. The molecule has 0 saturated heterocycles. The first-order chi connectivity index (χ1) is 9.58. The minimum absolute atomic E-state index is 0. The van der Waals surface area contributed by atoms with Crippen LogP contribution in [-0.2, 0) is 4.79 Å². The van der Waals surface area contributed by atoms with Crippen LogP contribution >= 0.6 is 0 Å². The molecule has 0 radical (unpaired) electrons. The van der Waals surface area contributed by atoms with E-state index in [0.29, 0.717) is 28.3 Å². The van der Waals surface area contributed by atoms with Gasteiger partial charge in [-0.3, -0.25) is 0 Å². The van der Waals surface area contributed by atoms with Crippen LogP contribution in [-0.4, -0.2) is 16.1 Å². The maximum Gasteiger partial charge on any atom is 1.00 e. The van der Waals surface area contributed by atoms with Crippen LogP contribution in [0, 0.1) is 0 Å². The van der Waals surface area contributed by atoms with Gasteiger partial charge in [-0.15, -0.1) is 0 Å². The molecule has 3 rings (SSSR count). The fraction of sp³-hybridized carbons (Fsp3) is 0.200. The number of carbonyl (C=O) groups is 1.